The molecule has 4 heteroatoms. The molecule has 0 aliphatic carbocycles. The molecule has 4 nitrogen and oxygen atoms in total. The summed E-state index contributed by atoms with van der Waals surface area (Å²) < 4.78 is 4.52. The lowest BCUT2D eigenvalue weighted by atomic mass is 10.1. The molecule has 0 unspecified atom stereocenters. The molecule has 0 saturated carbocycles. The van der Waals surface area contributed by atoms with Crippen molar-refractivity contribution in [2.24, 2.45) is 0 Å². The molecule has 0 saturated heterocycles. The van der Waals surface area contributed by atoms with Gasteiger partial charge in [-0.1, -0.05) is 24.3 Å². The Hall–Kier alpha value is -2.23. The molecule has 0 radical (unpaired) electrons. The molecule has 0 fully saturated rings. The van der Waals surface area contributed by atoms with Crippen molar-refractivity contribution in [1.82, 2.24) is 0 Å². The lowest BCUT2D eigenvalue weighted by Gasteiger charge is -2.08. The van der Waals surface area contributed by atoms with E-state index in [2.05, 4.69) is 10.1 Å². The van der Waals surface area contributed by atoms with Crippen molar-refractivity contribution in [3.8, 4) is 5.75 Å². The monoisotopic (exact) mass is 217 g/mol. The summed E-state index contributed by atoms with van der Waals surface area (Å²) in [6.45, 7) is 0. The van der Waals surface area contributed by atoms with Gasteiger partial charge in [-0.2, -0.15) is 0 Å². The van der Waals surface area contributed by atoms with Crippen molar-refractivity contribution in [3.63, 3.8) is 0 Å². The fraction of sp³-hybridized carbons (Fsp3) is 0.0833. The molecule has 0 atom stereocenters. The first-order chi connectivity index (χ1) is 7.72. The molecule has 16 heavy (non-hydrogen) atoms. The fourth-order valence-electron chi connectivity index (χ4n) is 1.55. The van der Waals surface area contributed by atoms with Gasteiger partial charge in [-0.25, -0.2) is 4.79 Å². The van der Waals surface area contributed by atoms with E-state index < -0.39 is 6.09 Å². The van der Waals surface area contributed by atoms with Crippen LogP contribution >= 0.6 is 0 Å². The Morgan fingerprint density at radius 1 is 1.19 bits per heavy atom. The highest BCUT2D eigenvalue weighted by Crippen LogP contribution is 2.30. The van der Waals surface area contributed by atoms with E-state index >= 15 is 0 Å². The van der Waals surface area contributed by atoms with Gasteiger partial charge in [0, 0.05) is 10.8 Å². The maximum atomic E-state index is 11.1. The molecule has 0 aromatic heterocycles. The number of nitrogens with one attached hydrogen (secondary N) is 1. The Balaban J connectivity index is 2.54. The number of methoxy groups -OCH3 is 1. The zero-order chi connectivity index (χ0) is 11.5. The molecule has 2 N–H and O–H groups in total. The smallest absolute Gasteiger partial charge is 0.411 e. The molecule has 0 aliphatic heterocycles. The van der Waals surface area contributed by atoms with Crippen LogP contribution in [0.2, 0.25) is 0 Å². The van der Waals surface area contributed by atoms with E-state index in [1.165, 1.54) is 13.2 Å². The summed E-state index contributed by atoms with van der Waals surface area (Å²) in [4.78, 5) is 11.1. The van der Waals surface area contributed by atoms with Gasteiger partial charge in [-0.05, 0) is 12.1 Å². The minimum Gasteiger partial charge on any atom is -0.507 e. The van der Waals surface area contributed by atoms with Crippen molar-refractivity contribution >= 4 is 22.6 Å². The standard InChI is InChI=1S/C12H11NO3/c1-16-12(15)13-10-6-7-11(14)9-5-3-2-4-8(9)10/h2-7,14H,1H3,(H,13,15). The zero-order valence-electron chi connectivity index (χ0n) is 8.73. The van der Waals surface area contributed by atoms with Gasteiger partial charge in [-0.3, -0.25) is 5.32 Å². The molecule has 0 spiro atoms. The Morgan fingerprint density at radius 3 is 2.56 bits per heavy atom. The van der Waals surface area contributed by atoms with Crippen LogP contribution in [0.1, 0.15) is 0 Å². The van der Waals surface area contributed by atoms with E-state index in [1.807, 2.05) is 18.2 Å². The van der Waals surface area contributed by atoms with E-state index in [0.29, 0.717) is 11.1 Å². The van der Waals surface area contributed by atoms with Gasteiger partial charge in [0.15, 0.2) is 0 Å². The number of hydrogen-bond acceptors (Lipinski definition) is 3. The number of anilines is 1. The molecular weight excluding hydrogens is 206 g/mol. The van der Waals surface area contributed by atoms with E-state index in [1.54, 1.807) is 12.1 Å². The van der Waals surface area contributed by atoms with Crippen molar-refractivity contribution in [1.29, 1.82) is 0 Å². The van der Waals surface area contributed by atoms with Crippen molar-refractivity contribution < 1.29 is 14.6 Å². The van der Waals surface area contributed by atoms with Crippen LogP contribution in [0.15, 0.2) is 36.4 Å². The molecule has 1 amide bonds. The number of amides is 1. The lowest BCUT2D eigenvalue weighted by Crippen LogP contribution is -2.11. The first-order valence-corrected chi connectivity index (χ1v) is 4.78. The summed E-state index contributed by atoms with van der Waals surface area (Å²) in [6, 6.07) is 10.4. The van der Waals surface area contributed by atoms with Gasteiger partial charge in [0.25, 0.3) is 0 Å². The minimum atomic E-state index is -0.532. The Labute approximate surface area is 92.5 Å². The largest absolute Gasteiger partial charge is 0.507 e. The van der Waals surface area contributed by atoms with Gasteiger partial charge < -0.3 is 9.84 Å². The number of carbonyl (C=O) groups is 1. The van der Waals surface area contributed by atoms with Gasteiger partial charge >= 0.3 is 6.09 Å². The average molecular weight is 217 g/mol. The van der Waals surface area contributed by atoms with Crippen molar-refractivity contribution in [2.45, 2.75) is 0 Å². The van der Waals surface area contributed by atoms with Crippen LogP contribution in [0.3, 0.4) is 0 Å². The second-order valence-corrected chi connectivity index (χ2v) is 3.29. The van der Waals surface area contributed by atoms with Gasteiger partial charge in [-0.15, -0.1) is 0 Å². The first-order valence-electron chi connectivity index (χ1n) is 4.78. The molecule has 82 valence electrons. The predicted octanol–water partition coefficient (Wildman–Crippen LogP) is 2.72. The lowest BCUT2D eigenvalue weighted by molar-refractivity contribution is 0.187. The number of hydrogen-bond donors (Lipinski definition) is 2. The van der Waals surface area contributed by atoms with Gasteiger partial charge in [0.2, 0.25) is 0 Å². The predicted molar refractivity (Wildman–Crippen MR) is 61.6 cm³/mol. The van der Waals surface area contributed by atoms with Crippen LogP contribution in [-0.2, 0) is 4.74 Å². The second kappa shape index (κ2) is 4.10. The van der Waals surface area contributed by atoms with E-state index in [-0.39, 0.29) is 5.75 Å². The third-order valence-electron chi connectivity index (χ3n) is 2.32. The number of phenolic OH excluding ortho intramolecular Hbond substituents is 1. The Kier molecular flexibility index (Phi) is 2.64. The molecular formula is C12H11NO3. The molecule has 0 heterocycles. The topological polar surface area (TPSA) is 58.6 Å². The number of phenols is 1. The van der Waals surface area contributed by atoms with Gasteiger partial charge in [0.05, 0.1) is 12.8 Å². The SMILES string of the molecule is COC(=O)Nc1ccc(O)c2ccccc12. The number of carbonyl (C=O) groups excluding carboxylic acids is 1. The molecule has 0 aliphatic rings. The van der Waals surface area contributed by atoms with Crippen LogP contribution in [0.5, 0.6) is 5.75 Å². The van der Waals surface area contributed by atoms with Crippen molar-refractivity contribution in [3.05, 3.63) is 36.4 Å². The fourth-order valence-corrected chi connectivity index (χ4v) is 1.55. The summed E-state index contributed by atoms with van der Waals surface area (Å²) in [5.41, 5.74) is 0.611. The molecule has 2 aromatic rings. The average Bonchev–Trinajstić information content (AvgIpc) is 2.33. The quantitative estimate of drug-likeness (QED) is 0.722. The van der Waals surface area contributed by atoms with Crippen LogP contribution < -0.4 is 5.32 Å². The van der Waals surface area contributed by atoms with Crippen LogP contribution in [0, 0.1) is 0 Å². The summed E-state index contributed by atoms with van der Waals surface area (Å²) in [5.74, 6) is 0.186. The summed E-state index contributed by atoms with van der Waals surface area (Å²) in [5, 5.41) is 13.7. The van der Waals surface area contributed by atoms with Crippen LogP contribution in [0.25, 0.3) is 10.8 Å². The maximum Gasteiger partial charge on any atom is 0.411 e. The number of rotatable bonds is 1. The highest BCUT2D eigenvalue weighted by molar-refractivity contribution is 6.02. The summed E-state index contributed by atoms with van der Waals surface area (Å²) in [7, 11) is 1.30. The third-order valence-corrected chi connectivity index (χ3v) is 2.32. The van der Waals surface area contributed by atoms with Gasteiger partial charge in [0.1, 0.15) is 5.75 Å². The van der Waals surface area contributed by atoms with E-state index in [4.69, 9.17) is 0 Å². The minimum absolute atomic E-state index is 0.186. The number of ether oxygens (including phenoxy) is 1. The maximum absolute atomic E-state index is 11.1. The van der Waals surface area contributed by atoms with Crippen LogP contribution in [-0.4, -0.2) is 18.3 Å². The summed E-state index contributed by atoms with van der Waals surface area (Å²) in [6.07, 6.45) is -0.532. The first kappa shape index (κ1) is 10.3. The number of fused-ring (bicyclic) bond motifs is 1. The molecule has 0 bridgehead atoms. The van der Waals surface area contributed by atoms with Crippen LogP contribution in [0.4, 0.5) is 10.5 Å². The molecule has 2 aromatic carbocycles. The Morgan fingerprint density at radius 2 is 1.88 bits per heavy atom. The number of benzene rings is 2. The highest BCUT2D eigenvalue weighted by Gasteiger charge is 2.07. The summed E-state index contributed by atoms with van der Waals surface area (Å²) >= 11 is 0. The normalized spacial score (nSPS) is 10.1. The highest BCUT2D eigenvalue weighted by atomic mass is 16.5. The van der Waals surface area contributed by atoms with Crippen molar-refractivity contribution in [2.75, 3.05) is 12.4 Å². The number of aromatic hydroxyl groups is 1. The van der Waals surface area contributed by atoms with E-state index in [0.717, 1.165) is 5.39 Å². The zero-order valence-corrected chi connectivity index (χ0v) is 8.73. The third kappa shape index (κ3) is 1.77. The van der Waals surface area contributed by atoms with E-state index in [9.17, 15) is 9.90 Å². The second-order valence-electron chi connectivity index (χ2n) is 3.29. The molecule has 2 rings (SSSR count). The Bertz CT molecular complexity index is 537.